The van der Waals surface area contributed by atoms with E-state index in [-0.39, 0.29) is 0 Å². The predicted octanol–water partition coefficient (Wildman–Crippen LogP) is 1.65. The molecule has 5 heavy (non-hydrogen) atoms. The van der Waals surface area contributed by atoms with E-state index in [4.69, 9.17) is 3.85 Å². The lowest BCUT2D eigenvalue weighted by Crippen LogP contribution is -1.60. The third-order valence-corrected chi connectivity index (χ3v) is 1.18. The van der Waals surface area contributed by atoms with Gasteiger partial charge in [-0.15, -0.1) is 0 Å². The first-order valence-corrected chi connectivity index (χ1v) is 2.20. The van der Waals surface area contributed by atoms with Gasteiger partial charge in [0.1, 0.15) is 5.76 Å². The molecule has 0 unspecified atom stereocenters. The monoisotopic (exact) mass is 88.0 g/mol. The van der Waals surface area contributed by atoms with Crippen molar-refractivity contribution in [1.82, 2.24) is 0 Å². The summed E-state index contributed by atoms with van der Waals surface area (Å²) in [5, 5.41) is 1.96. The second-order valence-corrected chi connectivity index (χ2v) is 1.50. The molecule has 0 fully saturated rings. The van der Waals surface area contributed by atoms with Crippen LogP contribution < -0.4 is 0 Å². The zero-order chi connectivity index (χ0) is 3.70. The van der Waals surface area contributed by atoms with Crippen molar-refractivity contribution in [1.29, 1.82) is 0 Å². The fraction of sp³-hybridized carbons (Fsp3) is 0.333. The van der Waals surface area contributed by atoms with Crippen LogP contribution in [0.3, 0.4) is 0 Å². The van der Waals surface area contributed by atoms with Crippen LogP contribution in [-0.4, -0.2) is 0 Å². The van der Waals surface area contributed by atoms with Gasteiger partial charge in [-0.2, -0.15) is 0 Å². The molecule has 0 aliphatic rings. The summed E-state index contributed by atoms with van der Waals surface area (Å²) in [7, 11) is 0. The Labute approximate surface area is 34.4 Å². The molecule has 0 saturated heterocycles. The molecule has 0 bridgehead atoms. The van der Waals surface area contributed by atoms with Crippen molar-refractivity contribution in [3.05, 3.63) is 11.1 Å². The second kappa shape index (κ2) is 0.863. The van der Waals surface area contributed by atoms with Crippen LogP contribution in [0.5, 0.6) is 0 Å². The van der Waals surface area contributed by atoms with E-state index in [2.05, 4.69) is 0 Å². The highest BCUT2D eigenvalue weighted by Gasteiger charge is 1.81. The van der Waals surface area contributed by atoms with Gasteiger partial charge in [0.25, 0.3) is 0 Å². The maximum absolute atomic E-state index is 4.71. The number of aryl methyl sites for hydroxylation is 1. The van der Waals surface area contributed by atoms with Gasteiger partial charge in [0.05, 0.1) is 5.38 Å². The molecular weight excluding hydrogens is 84.1 g/mol. The summed E-state index contributed by atoms with van der Waals surface area (Å²) in [6, 6.07) is 0. The summed E-state index contributed by atoms with van der Waals surface area (Å²) in [6.45, 7) is 1.93. The summed E-state index contributed by atoms with van der Waals surface area (Å²) in [4.78, 5) is 0. The lowest BCUT2D eigenvalue weighted by molar-refractivity contribution is 0.620. The normalized spacial score (nSPS) is 9.00. The van der Waals surface area contributed by atoms with Crippen molar-refractivity contribution < 1.29 is 3.85 Å². The van der Waals surface area contributed by atoms with E-state index in [9.17, 15) is 0 Å². The van der Waals surface area contributed by atoms with Crippen LogP contribution in [0.4, 0.5) is 0 Å². The first-order chi connectivity index (χ1) is 2.39. The van der Waals surface area contributed by atoms with Gasteiger partial charge in [0.2, 0.25) is 0 Å². The molecule has 0 radical (unpaired) electrons. The number of rotatable bonds is 0. The minimum absolute atomic E-state index is 1.02. The lowest BCUT2D eigenvalue weighted by Gasteiger charge is -1.84. The Kier molecular flexibility index (Phi) is 0.513. The molecule has 1 aromatic heterocycles. The highest BCUT2D eigenvalue weighted by molar-refractivity contribution is 7.01. The van der Waals surface area contributed by atoms with Gasteiger partial charge in [-0.05, 0) is 6.92 Å². The minimum atomic E-state index is 1.02. The molecule has 0 spiro atoms. The van der Waals surface area contributed by atoms with Gasteiger partial charge in [-0.25, -0.2) is 0 Å². The van der Waals surface area contributed by atoms with E-state index in [0.29, 0.717) is 0 Å². The zero-order valence-electron chi connectivity index (χ0n) is 2.89. The molecule has 0 N–H and O–H groups in total. The molecule has 2 heteroatoms. The minimum Gasteiger partial charge on any atom is -0.406 e. The smallest absolute Gasteiger partial charge is 0.130 e. The van der Waals surface area contributed by atoms with E-state index in [1.807, 2.05) is 12.3 Å². The molecule has 0 amide bonds. The Morgan fingerprint density at radius 2 is 2.40 bits per heavy atom. The molecule has 0 aliphatic carbocycles. The van der Waals surface area contributed by atoms with E-state index in [0.717, 1.165) is 5.76 Å². The SMILES string of the molecule is Cc1cso1. The van der Waals surface area contributed by atoms with Crippen molar-refractivity contribution in [3.63, 3.8) is 0 Å². The van der Waals surface area contributed by atoms with Crippen LogP contribution in [0.2, 0.25) is 0 Å². The third-order valence-electron chi connectivity index (χ3n) is 0.394. The Bertz CT molecular complexity index is 89.1. The predicted molar refractivity (Wildman–Crippen MR) is 21.3 cm³/mol. The second-order valence-electron chi connectivity index (χ2n) is 0.908. The highest BCUT2D eigenvalue weighted by Crippen LogP contribution is 2.05. The first-order valence-electron chi connectivity index (χ1n) is 1.40. The molecule has 0 aliphatic heterocycles. The maximum Gasteiger partial charge on any atom is 0.130 e. The first kappa shape index (κ1) is 2.97. The van der Waals surface area contributed by atoms with Gasteiger partial charge in [-0.3, -0.25) is 0 Å². The Morgan fingerprint density at radius 3 is 2.40 bits per heavy atom. The Morgan fingerprint density at radius 1 is 2.00 bits per heavy atom. The van der Waals surface area contributed by atoms with Crippen molar-refractivity contribution in [2.24, 2.45) is 0 Å². The molecule has 1 nitrogen and oxygen atoms in total. The third kappa shape index (κ3) is 0.351. The number of hydrogen-bond donors (Lipinski definition) is 0. The average molecular weight is 88.1 g/mol. The molecular formula is C3H4OS. The summed E-state index contributed by atoms with van der Waals surface area (Å²) < 4.78 is 4.71. The molecule has 1 aromatic rings. The van der Waals surface area contributed by atoms with Gasteiger partial charge in [0, 0.05) is 11.6 Å². The van der Waals surface area contributed by atoms with Crippen LogP contribution in [0.15, 0.2) is 9.23 Å². The van der Waals surface area contributed by atoms with Gasteiger partial charge in [-0.1, -0.05) is 0 Å². The van der Waals surface area contributed by atoms with Crippen LogP contribution in [0.1, 0.15) is 5.76 Å². The van der Waals surface area contributed by atoms with Crippen molar-refractivity contribution >= 4 is 11.6 Å². The quantitative estimate of drug-likeness (QED) is 0.470. The van der Waals surface area contributed by atoms with E-state index < -0.39 is 0 Å². The molecule has 0 aromatic carbocycles. The van der Waals surface area contributed by atoms with Crippen molar-refractivity contribution in [2.45, 2.75) is 6.92 Å². The molecule has 1 heterocycles. The van der Waals surface area contributed by atoms with Gasteiger partial charge >= 0.3 is 0 Å². The highest BCUT2D eigenvalue weighted by atomic mass is 32.1. The summed E-state index contributed by atoms with van der Waals surface area (Å²) in [5.74, 6) is 1.02. The van der Waals surface area contributed by atoms with E-state index >= 15 is 0 Å². The molecule has 0 atom stereocenters. The van der Waals surface area contributed by atoms with Crippen LogP contribution in [0.25, 0.3) is 0 Å². The average Bonchev–Trinajstić information content (AvgIpc) is 1.30. The zero-order valence-corrected chi connectivity index (χ0v) is 3.71. The summed E-state index contributed by atoms with van der Waals surface area (Å²) >= 11 is 1.38. The van der Waals surface area contributed by atoms with Crippen molar-refractivity contribution in [2.75, 3.05) is 0 Å². The number of hydrogen-bond acceptors (Lipinski definition) is 2. The Balaban J connectivity index is 2.83. The fourth-order valence-corrected chi connectivity index (χ4v) is 0.433. The maximum atomic E-state index is 4.71. The van der Waals surface area contributed by atoms with Crippen LogP contribution >= 0.6 is 11.6 Å². The summed E-state index contributed by atoms with van der Waals surface area (Å²) in [5.41, 5.74) is 0. The van der Waals surface area contributed by atoms with E-state index in [1.54, 1.807) is 0 Å². The Hall–Kier alpha value is -0.240. The summed E-state index contributed by atoms with van der Waals surface area (Å²) in [6.07, 6.45) is 0. The van der Waals surface area contributed by atoms with Crippen LogP contribution in [0, 0.1) is 6.92 Å². The fourth-order valence-electron chi connectivity index (χ4n) is 0.144. The van der Waals surface area contributed by atoms with Crippen molar-refractivity contribution in [3.8, 4) is 0 Å². The standard InChI is InChI=1S/C3H4OS/c1-3-2-5-4-3/h2H,1H3. The molecule has 1 rings (SSSR count). The molecule has 0 saturated carbocycles. The van der Waals surface area contributed by atoms with Gasteiger partial charge in [0.15, 0.2) is 0 Å². The van der Waals surface area contributed by atoms with E-state index in [1.165, 1.54) is 11.6 Å². The lowest BCUT2D eigenvalue weighted by atomic mass is 10.6. The molecule has 28 valence electrons. The van der Waals surface area contributed by atoms with Gasteiger partial charge < -0.3 is 3.85 Å². The topological polar surface area (TPSA) is 13.1 Å². The van der Waals surface area contributed by atoms with Crippen LogP contribution in [-0.2, 0) is 0 Å². The largest absolute Gasteiger partial charge is 0.406 e.